The van der Waals surface area contributed by atoms with E-state index in [1.165, 1.54) is 0 Å². The lowest BCUT2D eigenvalue weighted by molar-refractivity contribution is -0.144. The van der Waals surface area contributed by atoms with Crippen LogP contribution in [0, 0.1) is 11.3 Å². The van der Waals surface area contributed by atoms with Gasteiger partial charge in [0.15, 0.2) is 0 Å². The minimum absolute atomic E-state index is 0.313. The van der Waals surface area contributed by atoms with Crippen LogP contribution in [-0.2, 0) is 4.79 Å². The Morgan fingerprint density at radius 1 is 1.32 bits per heavy atom. The highest BCUT2D eigenvalue weighted by molar-refractivity contribution is 5.73. The second-order valence-electron chi connectivity index (χ2n) is 6.81. The normalized spacial score (nSPS) is 20.4. The summed E-state index contributed by atoms with van der Waals surface area (Å²) in [4.78, 5) is 13.6. The van der Waals surface area contributed by atoms with Crippen molar-refractivity contribution in [2.24, 2.45) is 17.1 Å². The molecule has 1 aliphatic heterocycles. The van der Waals surface area contributed by atoms with E-state index in [0.29, 0.717) is 17.9 Å². The fraction of sp³-hybridized carbons (Fsp3) is 0.933. The highest BCUT2D eigenvalue weighted by Crippen LogP contribution is 2.35. The van der Waals surface area contributed by atoms with Crippen molar-refractivity contribution < 1.29 is 9.90 Å². The second-order valence-corrected chi connectivity index (χ2v) is 6.81. The number of nitrogens with two attached hydrogens (primary N) is 1. The van der Waals surface area contributed by atoms with Gasteiger partial charge < -0.3 is 10.8 Å². The van der Waals surface area contributed by atoms with E-state index in [2.05, 4.69) is 25.7 Å². The molecule has 1 heterocycles. The first kappa shape index (κ1) is 16.4. The Morgan fingerprint density at radius 2 is 1.89 bits per heavy atom. The molecule has 0 aromatic heterocycles. The van der Waals surface area contributed by atoms with Gasteiger partial charge in [0.25, 0.3) is 0 Å². The number of nitrogens with zero attached hydrogens (tertiary/aromatic N) is 1. The summed E-state index contributed by atoms with van der Waals surface area (Å²) in [6, 6.07) is -0.313. The van der Waals surface area contributed by atoms with Gasteiger partial charge in [-0.2, -0.15) is 0 Å². The summed E-state index contributed by atoms with van der Waals surface area (Å²) < 4.78 is 0. The molecule has 112 valence electrons. The molecule has 1 atom stereocenters. The van der Waals surface area contributed by atoms with Crippen molar-refractivity contribution in [3.05, 3.63) is 0 Å². The maximum absolute atomic E-state index is 11.4. The number of rotatable bonds is 6. The number of carbonyl (C=O) groups is 1. The SMILES string of the molecule is CC(C)(C)C1CCN(C(CCCCN)C(=O)O)CC1. The van der Waals surface area contributed by atoms with Crippen LogP contribution in [0.3, 0.4) is 0 Å². The van der Waals surface area contributed by atoms with E-state index in [9.17, 15) is 9.90 Å². The lowest BCUT2D eigenvalue weighted by Gasteiger charge is -2.40. The molecule has 19 heavy (non-hydrogen) atoms. The summed E-state index contributed by atoms with van der Waals surface area (Å²) in [6.45, 7) is 9.33. The van der Waals surface area contributed by atoms with E-state index in [1.807, 2.05) is 0 Å². The summed E-state index contributed by atoms with van der Waals surface area (Å²) in [7, 11) is 0. The second kappa shape index (κ2) is 7.25. The van der Waals surface area contributed by atoms with E-state index in [1.54, 1.807) is 0 Å². The molecule has 0 aromatic rings. The maximum Gasteiger partial charge on any atom is 0.320 e. The van der Waals surface area contributed by atoms with Crippen LogP contribution in [-0.4, -0.2) is 41.7 Å². The maximum atomic E-state index is 11.4. The monoisotopic (exact) mass is 270 g/mol. The summed E-state index contributed by atoms with van der Waals surface area (Å²) in [5, 5.41) is 9.38. The van der Waals surface area contributed by atoms with Gasteiger partial charge in [0, 0.05) is 0 Å². The van der Waals surface area contributed by atoms with Crippen LogP contribution in [0.15, 0.2) is 0 Å². The summed E-state index contributed by atoms with van der Waals surface area (Å²) in [6.07, 6.45) is 4.79. The van der Waals surface area contributed by atoms with Crippen LogP contribution in [0.4, 0.5) is 0 Å². The van der Waals surface area contributed by atoms with Crippen LogP contribution in [0.25, 0.3) is 0 Å². The fourth-order valence-corrected chi connectivity index (χ4v) is 3.02. The molecule has 1 saturated heterocycles. The van der Waals surface area contributed by atoms with Gasteiger partial charge in [-0.15, -0.1) is 0 Å². The standard InChI is InChI=1S/C15H30N2O2/c1-15(2,3)12-7-10-17(11-8-12)13(14(18)19)6-4-5-9-16/h12-13H,4-11,16H2,1-3H3,(H,18,19). The number of hydrogen-bond donors (Lipinski definition) is 2. The lowest BCUT2D eigenvalue weighted by atomic mass is 9.75. The topological polar surface area (TPSA) is 66.6 Å². The van der Waals surface area contributed by atoms with Crippen molar-refractivity contribution in [1.29, 1.82) is 0 Å². The Hall–Kier alpha value is -0.610. The minimum Gasteiger partial charge on any atom is -0.480 e. The van der Waals surface area contributed by atoms with Crippen molar-refractivity contribution in [3.63, 3.8) is 0 Å². The van der Waals surface area contributed by atoms with Gasteiger partial charge in [0.05, 0.1) is 0 Å². The first-order chi connectivity index (χ1) is 8.86. The van der Waals surface area contributed by atoms with Gasteiger partial charge in [-0.3, -0.25) is 9.69 Å². The highest BCUT2D eigenvalue weighted by atomic mass is 16.4. The molecule has 0 bridgehead atoms. The Kier molecular flexibility index (Phi) is 6.27. The summed E-state index contributed by atoms with van der Waals surface area (Å²) in [5.74, 6) is 0.0356. The predicted molar refractivity (Wildman–Crippen MR) is 78.1 cm³/mol. The van der Waals surface area contributed by atoms with E-state index >= 15 is 0 Å². The third-order valence-corrected chi connectivity index (χ3v) is 4.41. The average Bonchev–Trinajstić information content (AvgIpc) is 2.33. The van der Waals surface area contributed by atoms with Gasteiger partial charge in [-0.05, 0) is 56.7 Å². The van der Waals surface area contributed by atoms with Gasteiger partial charge in [-0.25, -0.2) is 0 Å². The molecule has 3 N–H and O–H groups in total. The summed E-state index contributed by atoms with van der Waals surface area (Å²) >= 11 is 0. The van der Waals surface area contributed by atoms with Gasteiger partial charge >= 0.3 is 5.97 Å². The summed E-state index contributed by atoms with van der Waals surface area (Å²) in [5.41, 5.74) is 5.81. The largest absolute Gasteiger partial charge is 0.480 e. The Balaban J connectivity index is 2.48. The third-order valence-electron chi connectivity index (χ3n) is 4.41. The van der Waals surface area contributed by atoms with E-state index < -0.39 is 5.97 Å². The lowest BCUT2D eigenvalue weighted by Crippen LogP contribution is -2.47. The first-order valence-electron chi connectivity index (χ1n) is 7.53. The van der Waals surface area contributed by atoms with Gasteiger partial charge in [0.1, 0.15) is 6.04 Å². The van der Waals surface area contributed by atoms with E-state index in [-0.39, 0.29) is 6.04 Å². The van der Waals surface area contributed by atoms with Crippen LogP contribution < -0.4 is 5.73 Å². The fourth-order valence-electron chi connectivity index (χ4n) is 3.02. The molecule has 0 amide bonds. The number of carboxylic acid groups (broad SMARTS) is 1. The minimum atomic E-state index is -0.675. The third kappa shape index (κ3) is 5.11. The van der Waals surface area contributed by atoms with Crippen molar-refractivity contribution >= 4 is 5.97 Å². The van der Waals surface area contributed by atoms with Crippen molar-refractivity contribution in [2.75, 3.05) is 19.6 Å². The number of piperidine rings is 1. The predicted octanol–water partition coefficient (Wildman–Crippen LogP) is 2.33. The number of likely N-dealkylation sites (tertiary alicyclic amines) is 1. The molecule has 0 aromatic carbocycles. The number of unbranched alkanes of at least 4 members (excludes halogenated alkanes) is 1. The molecule has 1 rings (SSSR count). The van der Waals surface area contributed by atoms with Crippen molar-refractivity contribution in [3.8, 4) is 0 Å². The number of aliphatic carboxylic acids is 1. The van der Waals surface area contributed by atoms with Crippen molar-refractivity contribution in [2.45, 2.75) is 58.9 Å². The van der Waals surface area contributed by atoms with Gasteiger partial charge in [-0.1, -0.05) is 27.2 Å². The number of hydrogen-bond acceptors (Lipinski definition) is 3. The zero-order valence-electron chi connectivity index (χ0n) is 12.7. The van der Waals surface area contributed by atoms with Crippen LogP contribution in [0.2, 0.25) is 0 Å². The Labute approximate surface area is 117 Å². The van der Waals surface area contributed by atoms with Gasteiger partial charge in [0.2, 0.25) is 0 Å². The van der Waals surface area contributed by atoms with Crippen LogP contribution >= 0.6 is 0 Å². The van der Waals surface area contributed by atoms with Crippen LogP contribution in [0.1, 0.15) is 52.9 Å². The smallest absolute Gasteiger partial charge is 0.320 e. The zero-order valence-corrected chi connectivity index (χ0v) is 12.7. The molecular formula is C15H30N2O2. The molecular weight excluding hydrogens is 240 g/mol. The van der Waals surface area contributed by atoms with E-state index in [0.717, 1.165) is 45.2 Å². The zero-order chi connectivity index (χ0) is 14.5. The molecule has 1 aliphatic rings. The first-order valence-corrected chi connectivity index (χ1v) is 7.53. The van der Waals surface area contributed by atoms with Crippen molar-refractivity contribution in [1.82, 2.24) is 4.90 Å². The number of carboxylic acids is 1. The average molecular weight is 270 g/mol. The molecule has 0 radical (unpaired) electrons. The molecule has 4 heteroatoms. The molecule has 1 fully saturated rings. The molecule has 0 spiro atoms. The van der Waals surface area contributed by atoms with Crippen LogP contribution in [0.5, 0.6) is 0 Å². The quantitative estimate of drug-likeness (QED) is 0.727. The molecule has 0 aliphatic carbocycles. The highest BCUT2D eigenvalue weighted by Gasteiger charge is 2.33. The molecule has 1 unspecified atom stereocenters. The molecule has 0 saturated carbocycles. The molecule has 4 nitrogen and oxygen atoms in total. The Morgan fingerprint density at radius 3 is 2.32 bits per heavy atom. The van der Waals surface area contributed by atoms with E-state index in [4.69, 9.17) is 5.73 Å². The Bertz CT molecular complexity index is 278.